The number of hydrogen-bond donors (Lipinski definition) is 1. The Balaban J connectivity index is 2.92. The third-order valence-electron chi connectivity index (χ3n) is 2.60. The van der Waals surface area contributed by atoms with Crippen molar-refractivity contribution in [3.63, 3.8) is 0 Å². The standard InChI is InChI=1S/C13H21N3O/c1-4-8-16(9-5-2)13(17)11-6-7-15-10-12(11)14-3/h6-7,10,14H,4-5,8-9H2,1-3H3. The molecule has 0 aliphatic rings. The van der Waals surface area contributed by atoms with Crippen molar-refractivity contribution in [1.29, 1.82) is 0 Å². The molecule has 0 spiro atoms. The van der Waals surface area contributed by atoms with Crippen molar-refractivity contribution in [3.05, 3.63) is 24.0 Å². The van der Waals surface area contributed by atoms with Gasteiger partial charge in [0.25, 0.3) is 5.91 Å². The van der Waals surface area contributed by atoms with Crippen LogP contribution >= 0.6 is 0 Å². The van der Waals surface area contributed by atoms with Gasteiger partial charge in [-0.3, -0.25) is 9.78 Å². The summed E-state index contributed by atoms with van der Waals surface area (Å²) in [4.78, 5) is 18.3. The monoisotopic (exact) mass is 235 g/mol. The minimum Gasteiger partial charge on any atom is -0.386 e. The molecule has 0 fully saturated rings. The second-order valence-electron chi connectivity index (χ2n) is 3.96. The zero-order valence-corrected chi connectivity index (χ0v) is 10.9. The summed E-state index contributed by atoms with van der Waals surface area (Å²) in [6.07, 6.45) is 5.30. The van der Waals surface area contributed by atoms with Gasteiger partial charge in [-0.2, -0.15) is 0 Å². The van der Waals surface area contributed by atoms with Crippen LogP contribution in [0.1, 0.15) is 37.0 Å². The second-order valence-corrected chi connectivity index (χ2v) is 3.96. The van der Waals surface area contributed by atoms with Crippen LogP contribution in [0, 0.1) is 0 Å². The first kappa shape index (κ1) is 13.5. The summed E-state index contributed by atoms with van der Waals surface area (Å²) in [5.74, 6) is 0.0838. The van der Waals surface area contributed by atoms with Gasteiger partial charge in [0.15, 0.2) is 0 Å². The Kier molecular flexibility index (Phi) is 5.46. The summed E-state index contributed by atoms with van der Waals surface area (Å²) < 4.78 is 0. The van der Waals surface area contributed by atoms with Crippen LogP contribution in [-0.2, 0) is 0 Å². The molecule has 1 heterocycles. The lowest BCUT2D eigenvalue weighted by atomic mass is 10.2. The van der Waals surface area contributed by atoms with Crippen molar-refractivity contribution < 1.29 is 4.79 Å². The maximum Gasteiger partial charge on any atom is 0.256 e. The molecule has 4 heteroatoms. The summed E-state index contributed by atoms with van der Waals surface area (Å²) in [7, 11) is 1.80. The van der Waals surface area contributed by atoms with Gasteiger partial charge in [-0.05, 0) is 18.9 Å². The van der Waals surface area contributed by atoms with Crippen LogP contribution < -0.4 is 5.32 Å². The number of nitrogens with one attached hydrogen (secondary N) is 1. The Morgan fingerprint density at radius 1 is 1.35 bits per heavy atom. The highest BCUT2D eigenvalue weighted by Gasteiger charge is 2.16. The fourth-order valence-electron chi connectivity index (χ4n) is 1.81. The minimum absolute atomic E-state index is 0.0838. The Bertz CT molecular complexity index is 359. The van der Waals surface area contributed by atoms with Gasteiger partial charge in [0, 0.05) is 26.3 Å². The van der Waals surface area contributed by atoms with Gasteiger partial charge in [-0.25, -0.2) is 0 Å². The highest BCUT2D eigenvalue weighted by Crippen LogP contribution is 2.15. The summed E-state index contributed by atoms with van der Waals surface area (Å²) in [5, 5.41) is 3.01. The van der Waals surface area contributed by atoms with E-state index in [9.17, 15) is 4.79 Å². The van der Waals surface area contributed by atoms with Crippen LogP contribution in [0.4, 0.5) is 5.69 Å². The maximum absolute atomic E-state index is 12.4. The van der Waals surface area contributed by atoms with E-state index in [1.165, 1.54) is 0 Å². The fraction of sp³-hybridized carbons (Fsp3) is 0.538. The van der Waals surface area contributed by atoms with Crippen LogP contribution in [-0.4, -0.2) is 35.9 Å². The predicted molar refractivity (Wildman–Crippen MR) is 70.3 cm³/mol. The molecule has 0 atom stereocenters. The fourth-order valence-corrected chi connectivity index (χ4v) is 1.81. The van der Waals surface area contributed by atoms with E-state index < -0.39 is 0 Å². The number of nitrogens with zero attached hydrogens (tertiary/aromatic N) is 2. The zero-order valence-electron chi connectivity index (χ0n) is 10.9. The van der Waals surface area contributed by atoms with Crippen molar-refractivity contribution >= 4 is 11.6 Å². The topological polar surface area (TPSA) is 45.2 Å². The molecule has 1 rings (SSSR count). The van der Waals surface area contributed by atoms with Crippen molar-refractivity contribution in [2.45, 2.75) is 26.7 Å². The summed E-state index contributed by atoms with van der Waals surface area (Å²) >= 11 is 0. The molecular weight excluding hydrogens is 214 g/mol. The number of aromatic nitrogens is 1. The summed E-state index contributed by atoms with van der Waals surface area (Å²) in [6, 6.07) is 1.77. The zero-order chi connectivity index (χ0) is 12.7. The van der Waals surface area contributed by atoms with Crippen LogP contribution in [0.2, 0.25) is 0 Å². The molecular formula is C13H21N3O. The summed E-state index contributed by atoms with van der Waals surface area (Å²) in [5.41, 5.74) is 1.49. The molecule has 1 aromatic heterocycles. The lowest BCUT2D eigenvalue weighted by Crippen LogP contribution is -2.32. The van der Waals surface area contributed by atoms with E-state index in [2.05, 4.69) is 24.1 Å². The number of rotatable bonds is 6. The third kappa shape index (κ3) is 3.44. The molecule has 1 aromatic rings. The number of anilines is 1. The van der Waals surface area contributed by atoms with Crippen molar-refractivity contribution in [2.24, 2.45) is 0 Å². The third-order valence-corrected chi connectivity index (χ3v) is 2.60. The first-order valence-corrected chi connectivity index (χ1v) is 6.15. The SMILES string of the molecule is CCCN(CCC)C(=O)c1ccncc1NC. The van der Waals surface area contributed by atoms with Gasteiger partial charge in [0.05, 0.1) is 17.4 Å². The molecule has 0 aliphatic heterocycles. The highest BCUT2D eigenvalue weighted by atomic mass is 16.2. The number of hydrogen-bond acceptors (Lipinski definition) is 3. The molecule has 0 saturated heterocycles. The predicted octanol–water partition coefficient (Wildman–Crippen LogP) is 2.39. The Morgan fingerprint density at radius 3 is 2.53 bits per heavy atom. The average molecular weight is 235 g/mol. The van der Waals surface area contributed by atoms with E-state index in [1.807, 2.05) is 4.90 Å². The van der Waals surface area contributed by atoms with Gasteiger partial charge < -0.3 is 10.2 Å². The van der Waals surface area contributed by atoms with E-state index in [0.717, 1.165) is 31.6 Å². The van der Waals surface area contributed by atoms with Crippen molar-refractivity contribution in [1.82, 2.24) is 9.88 Å². The lowest BCUT2D eigenvalue weighted by Gasteiger charge is -2.22. The molecule has 1 N–H and O–H groups in total. The van der Waals surface area contributed by atoms with E-state index in [1.54, 1.807) is 25.5 Å². The quantitative estimate of drug-likeness (QED) is 0.823. The Labute approximate surface area is 103 Å². The molecule has 94 valence electrons. The average Bonchev–Trinajstić information content (AvgIpc) is 2.37. The van der Waals surface area contributed by atoms with Crippen LogP contribution in [0.25, 0.3) is 0 Å². The second kappa shape index (κ2) is 6.89. The van der Waals surface area contributed by atoms with Gasteiger partial charge >= 0.3 is 0 Å². The first-order chi connectivity index (χ1) is 8.24. The van der Waals surface area contributed by atoms with Gasteiger partial charge in [-0.1, -0.05) is 13.8 Å². The number of carbonyl (C=O) groups is 1. The normalized spacial score (nSPS) is 10.1. The van der Waals surface area contributed by atoms with E-state index in [4.69, 9.17) is 0 Å². The van der Waals surface area contributed by atoms with Crippen LogP contribution in [0.3, 0.4) is 0 Å². The van der Waals surface area contributed by atoms with Gasteiger partial charge in [-0.15, -0.1) is 0 Å². The van der Waals surface area contributed by atoms with Gasteiger partial charge in [0.1, 0.15) is 0 Å². The van der Waals surface area contributed by atoms with Crippen LogP contribution in [0.5, 0.6) is 0 Å². The molecule has 0 saturated carbocycles. The van der Waals surface area contributed by atoms with E-state index in [0.29, 0.717) is 5.56 Å². The number of amides is 1. The minimum atomic E-state index is 0.0838. The number of pyridine rings is 1. The smallest absolute Gasteiger partial charge is 0.256 e. The summed E-state index contributed by atoms with van der Waals surface area (Å²) in [6.45, 7) is 5.78. The maximum atomic E-state index is 12.4. The largest absolute Gasteiger partial charge is 0.386 e. The van der Waals surface area contributed by atoms with Crippen molar-refractivity contribution in [3.8, 4) is 0 Å². The van der Waals surface area contributed by atoms with Crippen LogP contribution in [0.15, 0.2) is 18.5 Å². The molecule has 4 nitrogen and oxygen atoms in total. The molecule has 0 radical (unpaired) electrons. The molecule has 0 unspecified atom stereocenters. The molecule has 17 heavy (non-hydrogen) atoms. The van der Waals surface area contributed by atoms with E-state index in [-0.39, 0.29) is 5.91 Å². The molecule has 0 aromatic carbocycles. The highest BCUT2D eigenvalue weighted by molar-refractivity contribution is 5.99. The number of carbonyl (C=O) groups excluding carboxylic acids is 1. The first-order valence-electron chi connectivity index (χ1n) is 6.15. The van der Waals surface area contributed by atoms with Crippen molar-refractivity contribution in [2.75, 3.05) is 25.5 Å². The molecule has 1 amide bonds. The van der Waals surface area contributed by atoms with Gasteiger partial charge in [0.2, 0.25) is 0 Å². The Morgan fingerprint density at radius 2 is 2.00 bits per heavy atom. The Hall–Kier alpha value is -1.58. The molecule has 0 bridgehead atoms. The molecule has 0 aliphatic carbocycles. The van der Waals surface area contributed by atoms with E-state index >= 15 is 0 Å². The lowest BCUT2D eigenvalue weighted by molar-refractivity contribution is 0.0756.